The van der Waals surface area contributed by atoms with Gasteiger partial charge < -0.3 is 14.6 Å². The van der Waals surface area contributed by atoms with Crippen molar-refractivity contribution in [2.24, 2.45) is 0 Å². The number of ketones is 1. The molecule has 0 spiro atoms. The molecule has 0 aliphatic heterocycles. The van der Waals surface area contributed by atoms with E-state index in [1.807, 2.05) is 0 Å². The van der Waals surface area contributed by atoms with Gasteiger partial charge in [-0.05, 0) is 18.6 Å². The van der Waals surface area contributed by atoms with Crippen LogP contribution in [-0.2, 0) is 4.79 Å². The van der Waals surface area contributed by atoms with Gasteiger partial charge in [0.05, 0.1) is 19.8 Å². The predicted molar refractivity (Wildman–Crippen MR) is 56.2 cm³/mol. The van der Waals surface area contributed by atoms with Crippen molar-refractivity contribution in [1.29, 1.82) is 0 Å². The van der Waals surface area contributed by atoms with E-state index in [9.17, 15) is 14.0 Å². The molecule has 0 unspecified atom stereocenters. The number of carbonyl (C=O) groups is 2. The number of carbonyl (C=O) groups excluding carboxylic acids is 1. The number of aryl methyl sites for hydroxylation is 1. The summed E-state index contributed by atoms with van der Waals surface area (Å²) in [6.45, 7) is 1.55. The third kappa shape index (κ3) is 2.20. The fourth-order valence-corrected chi connectivity index (χ4v) is 1.46. The lowest BCUT2D eigenvalue weighted by Gasteiger charge is -2.13. The Morgan fingerprint density at radius 1 is 1.24 bits per heavy atom. The standard InChI is InChI=1S/C11H11FO5/c1-5-4-6(8(13)11(14)15)7(12)10(17-3)9(5)16-2/h4H,1-3H3,(H,14,15). The molecule has 0 fully saturated rings. The van der Waals surface area contributed by atoms with Crippen LogP contribution in [0.2, 0.25) is 0 Å². The summed E-state index contributed by atoms with van der Waals surface area (Å²) in [5, 5.41) is 8.55. The van der Waals surface area contributed by atoms with Gasteiger partial charge in [0.15, 0.2) is 17.3 Å². The molecule has 1 aromatic rings. The minimum atomic E-state index is -1.73. The first-order valence-corrected chi connectivity index (χ1v) is 4.62. The zero-order valence-corrected chi connectivity index (χ0v) is 9.54. The maximum Gasteiger partial charge on any atom is 0.377 e. The highest BCUT2D eigenvalue weighted by molar-refractivity contribution is 6.40. The fourth-order valence-electron chi connectivity index (χ4n) is 1.46. The third-order valence-electron chi connectivity index (χ3n) is 2.21. The summed E-state index contributed by atoms with van der Waals surface area (Å²) >= 11 is 0. The van der Waals surface area contributed by atoms with Gasteiger partial charge in [-0.3, -0.25) is 4.79 Å². The molecule has 0 aliphatic carbocycles. The van der Waals surface area contributed by atoms with Crippen LogP contribution in [0.3, 0.4) is 0 Å². The van der Waals surface area contributed by atoms with Crippen molar-refractivity contribution >= 4 is 11.8 Å². The molecule has 0 amide bonds. The molecule has 0 atom stereocenters. The summed E-state index contributed by atoms with van der Waals surface area (Å²) in [6, 6.07) is 1.12. The summed E-state index contributed by atoms with van der Waals surface area (Å²) < 4.78 is 23.5. The highest BCUT2D eigenvalue weighted by Crippen LogP contribution is 2.35. The van der Waals surface area contributed by atoms with Crippen LogP contribution in [0.5, 0.6) is 11.5 Å². The third-order valence-corrected chi connectivity index (χ3v) is 2.21. The van der Waals surface area contributed by atoms with Gasteiger partial charge in [0.1, 0.15) is 0 Å². The van der Waals surface area contributed by atoms with Gasteiger partial charge in [-0.25, -0.2) is 9.18 Å². The molecular weight excluding hydrogens is 231 g/mol. The van der Waals surface area contributed by atoms with Crippen molar-refractivity contribution in [1.82, 2.24) is 0 Å². The van der Waals surface area contributed by atoms with E-state index in [2.05, 4.69) is 0 Å². The second-order valence-corrected chi connectivity index (χ2v) is 3.26. The Balaban J connectivity index is 3.51. The number of hydrogen-bond acceptors (Lipinski definition) is 4. The van der Waals surface area contributed by atoms with E-state index < -0.39 is 23.1 Å². The van der Waals surface area contributed by atoms with Crippen LogP contribution in [0.15, 0.2) is 6.07 Å². The zero-order valence-electron chi connectivity index (χ0n) is 9.54. The molecule has 0 bridgehead atoms. The quantitative estimate of drug-likeness (QED) is 0.638. The average Bonchev–Trinajstić information content (AvgIpc) is 2.29. The minimum absolute atomic E-state index is 0.131. The SMILES string of the molecule is COc1c(C)cc(C(=O)C(=O)O)c(F)c1OC. The first-order valence-electron chi connectivity index (χ1n) is 4.62. The summed E-state index contributed by atoms with van der Waals surface area (Å²) in [4.78, 5) is 21.8. The number of benzene rings is 1. The second kappa shape index (κ2) is 4.82. The van der Waals surface area contributed by atoms with Gasteiger partial charge in [0.25, 0.3) is 5.78 Å². The van der Waals surface area contributed by atoms with E-state index in [0.29, 0.717) is 5.56 Å². The van der Waals surface area contributed by atoms with Crippen molar-refractivity contribution in [3.05, 3.63) is 23.0 Å². The smallest absolute Gasteiger partial charge is 0.377 e. The first kappa shape index (κ1) is 13.0. The largest absolute Gasteiger partial charge is 0.492 e. The minimum Gasteiger partial charge on any atom is -0.492 e. The van der Waals surface area contributed by atoms with E-state index in [4.69, 9.17) is 14.6 Å². The van der Waals surface area contributed by atoms with Crippen LogP contribution in [0.25, 0.3) is 0 Å². The number of hydrogen-bond donors (Lipinski definition) is 1. The van der Waals surface area contributed by atoms with E-state index in [-0.39, 0.29) is 11.5 Å². The molecular formula is C11H11FO5. The lowest BCUT2D eigenvalue weighted by atomic mass is 10.1. The van der Waals surface area contributed by atoms with E-state index >= 15 is 0 Å². The van der Waals surface area contributed by atoms with Crippen LogP contribution in [0.1, 0.15) is 15.9 Å². The molecule has 1 N–H and O–H groups in total. The maximum absolute atomic E-state index is 13.8. The summed E-state index contributed by atoms with van der Waals surface area (Å²) in [5.74, 6) is -4.24. The van der Waals surface area contributed by atoms with E-state index in [1.165, 1.54) is 14.2 Å². The monoisotopic (exact) mass is 242 g/mol. The lowest BCUT2D eigenvalue weighted by molar-refractivity contribution is -0.131. The van der Waals surface area contributed by atoms with Gasteiger partial charge in [0, 0.05) is 0 Å². The van der Waals surface area contributed by atoms with Gasteiger partial charge in [-0.15, -0.1) is 0 Å². The van der Waals surface area contributed by atoms with Crippen molar-refractivity contribution in [3.8, 4) is 11.5 Å². The number of halogens is 1. The van der Waals surface area contributed by atoms with Crippen LogP contribution < -0.4 is 9.47 Å². The van der Waals surface area contributed by atoms with Crippen LogP contribution in [0.4, 0.5) is 4.39 Å². The predicted octanol–water partition coefficient (Wildman–Crippen LogP) is 1.42. The molecule has 1 rings (SSSR count). The Labute approximate surface area is 96.8 Å². The molecule has 0 radical (unpaired) electrons. The van der Waals surface area contributed by atoms with E-state index in [1.54, 1.807) is 6.92 Å². The molecule has 0 aromatic heterocycles. The van der Waals surface area contributed by atoms with Gasteiger partial charge in [0.2, 0.25) is 0 Å². The van der Waals surface area contributed by atoms with Crippen molar-refractivity contribution in [2.45, 2.75) is 6.92 Å². The highest BCUT2D eigenvalue weighted by Gasteiger charge is 2.25. The molecule has 92 valence electrons. The zero-order chi connectivity index (χ0) is 13.2. The van der Waals surface area contributed by atoms with E-state index in [0.717, 1.165) is 6.07 Å². The molecule has 1 aromatic carbocycles. The number of Topliss-reactive ketones (excluding diaryl/α,β-unsaturated/α-hetero) is 1. The van der Waals surface area contributed by atoms with Gasteiger partial charge in [-0.1, -0.05) is 0 Å². The molecule has 0 saturated carbocycles. The highest BCUT2D eigenvalue weighted by atomic mass is 19.1. The summed E-state index contributed by atoms with van der Waals surface area (Å²) in [5.41, 5.74) is -0.136. The molecule has 0 saturated heterocycles. The first-order chi connectivity index (χ1) is 7.93. The Hall–Kier alpha value is -2.11. The van der Waals surface area contributed by atoms with Crippen LogP contribution >= 0.6 is 0 Å². The van der Waals surface area contributed by atoms with Crippen molar-refractivity contribution in [2.75, 3.05) is 14.2 Å². The van der Waals surface area contributed by atoms with Crippen LogP contribution in [0, 0.1) is 12.7 Å². The second-order valence-electron chi connectivity index (χ2n) is 3.26. The average molecular weight is 242 g/mol. The molecule has 17 heavy (non-hydrogen) atoms. The van der Waals surface area contributed by atoms with Gasteiger partial charge in [-0.2, -0.15) is 0 Å². The molecule has 0 heterocycles. The normalized spacial score (nSPS) is 9.88. The number of aliphatic carboxylic acids is 1. The van der Waals surface area contributed by atoms with Crippen molar-refractivity contribution < 1.29 is 28.6 Å². The number of methoxy groups -OCH3 is 2. The van der Waals surface area contributed by atoms with Gasteiger partial charge >= 0.3 is 5.97 Å². The van der Waals surface area contributed by atoms with Crippen molar-refractivity contribution in [3.63, 3.8) is 0 Å². The Morgan fingerprint density at radius 2 is 1.76 bits per heavy atom. The lowest BCUT2D eigenvalue weighted by Crippen LogP contribution is -2.15. The number of carboxylic acid groups (broad SMARTS) is 1. The number of carboxylic acids is 1. The molecule has 0 aliphatic rings. The Bertz CT molecular complexity index is 481. The Kier molecular flexibility index (Phi) is 3.67. The maximum atomic E-state index is 13.8. The number of rotatable bonds is 4. The summed E-state index contributed by atoms with van der Waals surface area (Å²) in [6.07, 6.45) is 0. The van der Waals surface area contributed by atoms with Crippen LogP contribution in [-0.4, -0.2) is 31.1 Å². The Morgan fingerprint density at radius 3 is 2.18 bits per heavy atom. The summed E-state index contributed by atoms with van der Waals surface area (Å²) in [7, 11) is 2.53. The molecule has 6 heteroatoms. The fraction of sp³-hybridized carbons (Fsp3) is 0.273. The molecule has 5 nitrogen and oxygen atoms in total. The topological polar surface area (TPSA) is 72.8 Å². The number of ether oxygens (including phenoxy) is 2.